The van der Waals surface area contributed by atoms with E-state index in [1.807, 2.05) is 43.3 Å². The number of fused-ring (bicyclic) bond motifs is 1. The fraction of sp³-hybridized carbons (Fsp3) is 0.143. The number of rotatable bonds is 2. The van der Waals surface area contributed by atoms with Gasteiger partial charge in [-0.05, 0) is 25.1 Å². The van der Waals surface area contributed by atoms with Gasteiger partial charge in [0.15, 0.2) is 0 Å². The molecule has 90 valence electrons. The maximum Gasteiger partial charge on any atom is 0.340 e. The highest BCUT2D eigenvalue weighted by atomic mass is 16.6. The fourth-order valence-electron chi connectivity index (χ4n) is 2.01. The number of aromatic nitrogens is 1. The predicted molar refractivity (Wildman–Crippen MR) is 67.2 cm³/mol. The van der Waals surface area contributed by atoms with Crippen molar-refractivity contribution < 1.29 is 9.53 Å². The highest BCUT2D eigenvalue weighted by Gasteiger charge is 2.30. The average molecular weight is 240 g/mol. The smallest absolute Gasteiger partial charge is 0.340 e. The minimum absolute atomic E-state index is 0.296. The molecular weight excluding hydrogens is 228 g/mol. The van der Waals surface area contributed by atoms with Crippen LogP contribution < -0.4 is 5.32 Å². The summed E-state index contributed by atoms with van der Waals surface area (Å²) in [5.41, 5.74) is 2.38. The van der Waals surface area contributed by atoms with E-state index in [9.17, 15) is 4.79 Å². The highest BCUT2D eigenvalue weighted by molar-refractivity contribution is 5.94. The minimum atomic E-state index is -0.456. The first-order valence-electron chi connectivity index (χ1n) is 5.74. The van der Waals surface area contributed by atoms with Crippen molar-refractivity contribution in [2.45, 2.75) is 13.2 Å². The number of nitrogens with zero attached hydrogens (tertiary/aromatic N) is 1. The molecule has 2 heterocycles. The van der Waals surface area contributed by atoms with E-state index in [1.165, 1.54) is 0 Å². The monoisotopic (exact) mass is 240 g/mol. The van der Waals surface area contributed by atoms with Crippen LogP contribution in [0.5, 0.6) is 0 Å². The highest BCUT2D eigenvalue weighted by Crippen LogP contribution is 2.30. The number of pyridine rings is 1. The minimum Gasteiger partial charge on any atom is -0.434 e. The molecular formula is C14H12N2O2. The molecule has 0 amide bonds. The van der Waals surface area contributed by atoms with Crippen LogP contribution >= 0.6 is 0 Å². The summed E-state index contributed by atoms with van der Waals surface area (Å²) >= 11 is 0. The third kappa shape index (κ3) is 1.82. The van der Waals surface area contributed by atoms with Crippen molar-refractivity contribution in [2.24, 2.45) is 0 Å². The zero-order valence-electron chi connectivity index (χ0n) is 9.88. The molecule has 1 N–H and O–H groups in total. The second-order valence-corrected chi connectivity index (χ2v) is 4.18. The number of carbonyl (C=O) groups excluding carboxylic acids is 1. The Labute approximate surface area is 105 Å². The summed E-state index contributed by atoms with van der Waals surface area (Å²) in [6.07, 6.45) is -0.456. The number of hydrogen-bond donors (Lipinski definition) is 1. The molecule has 4 nitrogen and oxygen atoms in total. The number of aryl methyl sites for hydroxylation is 1. The Balaban J connectivity index is 1.90. The Kier molecular flexibility index (Phi) is 2.48. The van der Waals surface area contributed by atoms with Crippen molar-refractivity contribution in [1.29, 1.82) is 0 Å². The van der Waals surface area contributed by atoms with Crippen molar-refractivity contribution in [3.05, 3.63) is 59.3 Å². The van der Waals surface area contributed by atoms with Gasteiger partial charge in [-0.25, -0.2) is 9.78 Å². The first-order valence-corrected chi connectivity index (χ1v) is 5.74. The van der Waals surface area contributed by atoms with Crippen LogP contribution in [0, 0.1) is 6.92 Å². The van der Waals surface area contributed by atoms with Gasteiger partial charge in [-0.3, -0.25) is 0 Å². The molecule has 0 aliphatic carbocycles. The predicted octanol–water partition coefficient (Wildman–Crippen LogP) is 2.67. The van der Waals surface area contributed by atoms with Gasteiger partial charge < -0.3 is 10.1 Å². The molecule has 3 rings (SSSR count). The number of anilines is 1. The summed E-state index contributed by atoms with van der Waals surface area (Å²) in [6.45, 7) is 1.92. The summed E-state index contributed by atoms with van der Waals surface area (Å²) in [5.74, 6) is 0.403. The Morgan fingerprint density at radius 1 is 1.17 bits per heavy atom. The van der Waals surface area contributed by atoms with Crippen LogP contribution in [0.3, 0.4) is 0 Å². The number of esters is 1. The first-order chi connectivity index (χ1) is 8.74. The molecule has 0 fully saturated rings. The second kappa shape index (κ2) is 4.14. The van der Waals surface area contributed by atoms with Gasteiger partial charge in [-0.1, -0.05) is 24.3 Å². The normalized spacial score (nSPS) is 17.2. The van der Waals surface area contributed by atoms with Gasteiger partial charge in [0.1, 0.15) is 5.82 Å². The third-order valence-corrected chi connectivity index (χ3v) is 2.86. The van der Waals surface area contributed by atoms with E-state index in [-0.39, 0.29) is 5.97 Å². The zero-order chi connectivity index (χ0) is 12.5. The topological polar surface area (TPSA) is 51.2 Å². The van der Waals surface area contributed by atoms with Gasteiger partial charge in [0.05, 0.1) is 5.56 Å². The van der Waals surface area contributed by atoms with E-state index in [1.54, 1.807) is 6.07 Å². The Morgan fingerprint density at radius 3 is 2.83 bits per heavy atom. The maximum atomic E-state index is 11.7. The molecule has 0 saturated heterocycles. The molecule has 0 bridgehead atoms. The van der Waals surface area contributed by atoms with Gasteiger partial charge >= 0.3 is 5.97 Å². The van der Waals surface area contributed by atoms with Crippen LogP contribution in [0.4, 0.5) is 5.82 Å². The molecule has 1 aliphatic rings. The maximum absolute atomic E-state index is 11.7. The van der Waals surface area contributed by atoms with Crippen molar-refractivity contribution in [2.75, 3.05) is 5.32 Å². The molecule has 1 atom stereocenters. The number of cyclic esters (lactones) is 1. The van der Waals surface area contributed by atoms with Gasteiger partial charge in [0.25, 0.3) is 0 Å². The quantitative estimate of drug-likeness (QED) is 0.820. The Bertz CT molecular complexity index is 610. The number of carbonyl (C=O) groups is 1. The lowest BCUT2D eigenvalue weighted by Crippen LogP contribution is -2.11. The number of ether oxygens (including phenoxy) is 1. The summed E-state index contributed by atoms with van der Waals surface area (Å²) in [5, 5.41) is 3.11. The van der Waals surface area contributed by atoms with Crippen LogP contribution in [-0.4, -0.2) is 11.0 Å². The van der Waals surface area contributed by atoms with Crippen molar-refractivity contribution >= 4 is 11.8 Å². The number of benzene rings is 1. The molecule has 18 heavy (non-hydrogen) atoms. The molecule has 1 aromatic carbocycles. The van der Waals surface area contributed by atoms with Gasteiger partial charge in [0.2, 0.25) is 6.23 Å². The van der Waals surface area contributed by atoms with Crippen molar-refractivity contribution in [3.8, 4) is 0 Å². The van der Waals surface area contributed by atoms with Gasteiger partial charge in [-0.2, -0.15) is 0 Å². The van der Waals surface area contributed by atoms with E-state index in [0.717, 1.165) is 11.3 Å². The summed E-state index contributed by atoms with van der Waals surface area (Å²) in [4.78, 5) is 16.0. The van der Waals surface area contributed by atoms with Crippen LogP contribution in [0.2, 0.25) is 0 Å². The average Bonchev–Trinajstić information content (AvgIpc) is 2.67. The van der Waals surface area contributed by atoms with E-state index in [0.29, 0.717) is 11.4 Å². The largest absolute Gasteiger partial charge is 0.434 e. The molecule has 4 heteroatoms. The lowest BCUT2D eigenvalue weighted by Gasteiger charge is -2.13. The van der Waals surface area contributed by atoms with Crippen molar-refractivity contribution in [1.82, 2.24) is 4.98 Å². The van der Waals surface area contributed by atoms with Crippen LogP contribution in [0.15, 0.2) is 42.5 Å². The Hall–Kier alpha value is -2.36. The van der Waals surface area contributed by atoms with Crippen LogP contribution in [-0.2, 0) is 4.74 Å². The van der Waals surface area contributed by atoms with Gasteiger partial charge in [-0.15, -0.1) is 0 Å². The van der Waals surface area contributed by atoms with Crippen LogP contribution in [0.1, 0.15) is 27.8 Å². The standard InChI is InChI=1S/C14H12N2O2/c1-9-5-4-8-12(15-9)16-13-10-6-2-3-7-11(10)14(17)18-13/h2-8,13H,1H3,(H,15,16)/t13-/m0/s1. The summed E-state index contributed by atoms with van der Waals surface area (Å²) in [6, 6.07) is 13.0. The first kappa shape index (κ1) is 10.8. The van der Waals surface area contributed by atoms with Crippen molar-refractivity contribution in [3.63, 3.8) is 0 Å². The summed E-state index contributed by atoms with van der Waals surface area (Å²) in [7, 11) is 0. The molecule has 0 saturated carbocycles. The van der Waals surface area contributed by atoms with E-state index < -0.39 is 6.23 Å². The SMILES string of the molecule is Cc1cccc(N[C@H]2OC(=O)c3ccccc32)n1. The van der Waals surface area contributed by atoms with Gasteiger partial charge in [0, 0.05) is 11.3 Å². The van der Waals surface area contributed by atoms with E-state index in [4.69, 9.17) is 4.74 Å². The zero-order valence-corrected chi connectivity index (χ0v) is 9.88. The molecule has 2 aromatic rings. The Morgan fingerprint density at radius 2 is 2.00 bits per heavy atom. The number of nitrogens with one attached hydrogen (secondary N) is 1. The third-order valence-electron chi connectivity index (χ3n) is 2.86. The van der Waals surface area contributed by atoms with E-state index >= 15 is 0 Å². The second-order valence-electron chi connectivity index (χ2n) is 4.18. The van der Waals surface area contributed by atoms with Crippen LogP contribution in [0.25, 0.3) is 0 Å². The lowest BCUT2D eigenvalue weighted by molar-refractivity contribution is 0.0436. The lowest BCUT2D eigenvalue weighted by atomic mass is 10.1. The summed E-state index contributed by atoms with van der Waals surface area (Å²) < 4.78 is 5.29. The molecule has 0 spiro atoms. The molecule has 0 unspecified atom stereocenters. The van der Waals surface area contributed by atoms with E-state index in [2.05, 4.69) is 10.3 Å². The molecule has 1 aromatic heterocycles. The molecule has 1 aliphatic heterocycles. The molecule has 0 radical (unpaired) electrons. The number of hydrogen-bond acceptors (Lipinski definition) is 4. The fourth-order valence-corrected chi connectivity index (χ4v) is 2.01.